The average Bonchev–Trinajstić information content (AvgIpc) is 2.70. The number of rotatable bonds is 4. The van der Waals surface area contributed by atoms with Crippen LogP contribution in [-0.2, 0) is 11.3 Å². The lowest BCUT2D eigenvalue weighted by molar-refractivity contribution is -0.122. The molecule has 1 aliphatic rings. The minimum absolute atomic E-state index is 0.126. The number of para-hydroxylation sites is 1. The van der Waals surface area contributed by atoms with E-state index in [2.05, 4.69) is 10.4 Å². The maximum Gasteiger partial charge on any atom is 0.267 e. The normalized spacial score (nSPS) is 15.5. The number of hydrogen-bond donors (Lipinski definition) is 1. The molecule has 1 N–H and O–H groups in total. The number of nitrogens with one attached hydrogen (secondary N) is 1. The molecular weight excluding hydrogens is 342 g/mol. The van der Waals surface area contributed by atoms with E-state index < -0.39 is 0 Å². The first-order chi connectivity index (χ1) is 13.2. The lowest BCUT2D eigenvalue weighted by Gasteiger charge is -2.26. The van der Waals surface area contributed by atoms with Gasteiger partial charge in [-0.3, -0.25) is 9.59 Å². The van der Waals surface area contributed by atoms with E-state index in [1.54, 1.807) is 6.07 Å². The Balaban J connectivity index is 1.51. The van der Waals surface area contributed by atoms with Gasteiger partial charge in [0.05, 0.1) is 18.3 Å². The van der Waals surface area contributed by atoms with Gasteiger partial charge in [0.25, 0.3) is 5.56 Å². The fraction of sp³-hybridized carbons (Fsp3) is 0.190. The molecule has 0 bridgehead atoms. The summed E-state index contributed by atoms with van der Waals surface area (Å²) in [6.45, 7) is 0.419. The molecule has 27 heavy (non-hydrogen) atoms. The molecule has 0 saturated heterocycles. The highest BCUT2D eigenvalue weighted by atomic mass is 16.5. The smallest absolute Gasteiger partial charge is 0.267 e. The molecule has 1 atom stereocenters. The molecular formula is C21H19N3O3. The second-order valence-electron chi connectivity index (χ2n) is 6.38. The van der Waals surface area contributed by atoms with Crippen LogP contribution in [0.15, 0.2) is 71.5 Å². The molecule has 0 radical (unpaired) electrons. The highest BCUT2D eigenvalue weighted by Gasteiger charge is 2.22. The van der Waals surface area contributed by atoms with Crippen molar-refractivity contribution >= 4 is 5.91 Å². The molecule has 4 rings (SSSR count). The van der Waals surface area contributed by atoms with Gasteiger partial charge < -0.3 is 10.1 Å². The van der Waals surface area contributed by atoms with Gasteiger partial charge in [0, 0.05) is 23.6 Å². The third-order valence-corrected chi connectivity index (χ3v) is 4.52. The molecule has 136 valence electrons. The number of fused-ring (bicyclic) bond motifs is 1. The Kier molecular flexibility index (Phi) is 4.70. The minimum Gasteiger partial charge on any atom is -0.493 e. The van der Waals surface area contributed by atoms with Gasteiger partial charge in [-0.05, 0) is 12.1 Å². The molecule has 6 nitrogen and oxygen atoms in total. The zero-order chi connectivity index (χ0) is 18.6. The van der Waals surface area contributed by atoms with Crippen LogP contribution in [0.4, 0.5) is 0 Å². The molecule has 2 aromatic carbocycles. The fourth-order valence-electron chi connectivity index (χ4n) is 3.19. The summed E-state index contributed by atoms with van der Waals surface area (Å²) in [5.74, 6) is 0.534. The van der Waals surface area contributed by atoms with Crippen molar-refractivity contribution in [1.82, 2.24) is 15.1 Å². The second kappa shape index (κ2) is 7.45. The number of ether oxygens (including phenoxy) is 1. The molecule has 0 aliphatic carbocycles. The van der Waals surface area contributed by atoms with Crippen LogP contribution in [0.25, 0.3) is 11.3 Å². The third-order valence-electron chi connectivity index (χ3n) is 4.52. The lowest BCUT2D eigenvalue weighted by Crippen LogP contribution is -2.37. The Morgan fingerprint density at radius 3 is 2.70 bits per heavy atom. The first kappa shape index (κ1) is 17.0. The Hall–Kier alpha value is -3.41. The van der Waals surface area contributed by atoms with Crippen molar-refractivity contribution in [2.45, 2.75) is 19.0 Å². The van der Waals surface area contributed by atoms with Gasteiger partial charge in [-0.15, -0.1) is 0 Å². The zero-order valence-electron chi connectivity index (χ0n) is 14.7. The van der Waals surface area contributed by atoms with Crippen LogP contribution in [0.3, 0.4) is 0 Å². The van der Waals surface area contributed by atoms with E-state index >= 15 is 0 Å². The third kappa shape index (κ3) is 3.74. The van der Waals surface area contributed by atoms with E-state index in [0.717, 1.165) is 16.9 Å². The first-order valence-electron chi connectivity index (χ1n) is 8.85. The Morgan fingerprint density at radius 1 is 1.07 bits per heavy atom. The standard InChI is InChI=1S/C21H19N3O3/c25-20(22-18-12-13-27-19-9-5-4-8-16(18)19)14-24-21(26)11-10-17(23-24)15-6-2-1-3-7-15/h1-11,18H,12-14H2,(H,22,25). The predicted molar refractivity (Wildman–Crippen MR) is 101 cm³/mol. The summed E-state index contributed by atoms with van der Waals surface area (Å²) in [4.78, 5) is 24.7. The SMILES string of the molecule is O=C(Cn1nc(-c2ccccc2)ccc1=O)NC1CCOc2ccccc21. The van der Waals surface area contributed by atoms with Crippen molar-refractivity contribution in [3.05, 3.63) is 82.6 Å². The van der Waals surface area contributed by atoms with Crippen LogP contribution in [0, 0.1) is 0 Å². The van der Waals surface area contributed by atoms with Crippen LogP contribution in [0.1, 0.15) is 18.0 Å². The van der Waals surface area contributed by atoms with Gasteiger partial charge >= 0.3 is 0 Å². The zero-order valence-corrected chi connectivity index (χ0v) is 14.7. The van der Waals surface area contributed by atoms with E-state index in [4.69, 9.17) is 4.74 Å². The van der Waals surface area contributed by atoms with Crippen LogP contribution in [0.2, 0.25) is 0 Å². The monoisotopic (exact) mass is 361 g/mol. The number of hydrogen-bond acceptors (Lipinski definition) is 4. The van der Waals surface area contributed by atoms with Gasteiger partial charge in [0.1, 0.15) is 12.3 Å². The predicted octanol–water partition coefficient (Wildman–Crippen LogP) is 2.55. The fourth-order valence-corrected chi connectivity index (χ4v) is 3.19. The molecule has 3 aromatic rings. The van der Waals surface area contributed by atoms with Gasteiger partial charge in [-0.2, -0.15) is 5.10 Å². The molecule has 0 spiro atoms. The van der Waals surface area contributed by atoms with Crippen molar-refractivity contribution in [3.63, 3.8) is 0 Å². The van der Waals surface area contributed by atoms with Crippen LogP contribution in [-0.4, -0.2) is 22.3 Å². The van der Waals surface area contributed by atoms with Gasteiger partial charge in [0.15, 0.2) is 0 Å². The van der Waals surface area contributed by atoms with Gasteiger partial charge in [0.2, 0.25) is 5.91 Å². The van der Waals surface area contributed by atoms with Crippen molar-refractivity contribution in [1.29, 1.82) is 0 Å². The van der Waals surface area contributed by atoms with E-state index in [1.807, 2.05) is 54.6 Å². The van der Waals surface area contributed by atoms with Crippen LogP contribution < -0.4 is 15.6 Å². The van der Waals surface area contributed by atoms with Crippen LogP contribution in [0.5, 0.6) is 5.75 Å². The number of carbonyl (C=O) groups is 1. The highest BCUT2D eigenvalue weighted by molar-refractivity contribution is 5.76. The molecule has 0 saturated carbocycles. The van der Waals surface area contributed by atoms with E-state index in [9.17, 15) is 9.59 Å². The first-order valence-corrected chi connectivity index (χ1v) is 8.85. The molecule has 1 aliphatic heterocycles. The lowest BCUT2D eigenvalue weighted by atomic mass is 10.0. The maximum atomic E-state index is 12.5. The average molecular weight is 361 g/mol. The van der Waals surface area contributed by atoms with E-state index in [0.29, 0.717) is 18.7 Å². The van der Waals surface area contributed by atoms with Crippen LogP contribution >= 0.6 is 0 Å². The number of nitrogens with zero attached hydrogens (tertiary/aromatic N) is 2. The van der Waals surface area contributed by atoms with Crippen molar-refractivity contribution in [3.8, 4) is 17.0 Å². The topological polar surface area (TPSA) is 73.2 Å². The quantitative estimate of drug-likeness (QED) is 0.775. The van der Waals surface area contributed by atoms with Crippen molar-refractivity contribution in [2.24, 2.45) is 0 Å². The van der Waals surface area contributed by atoms with Crippen molar-refractivity contribution in [2.75, 3.05) is 6.61 Å². The number of benzene rings is 2. The Morgan fingerprint density at radius 2 is 1.85 bits per heavy atom. The van der Waals surface area contributed by atoms with E-state index in [1.165, 1.54) is 10.7 Å². The molecule has 1 unspecified atom stereocenters. The van der Waals surface area contributed by atoms with Gasteiger partial charge in [-0.25, -0.2) is 4.68 Å². The summed E-state index contributed by atoms with van der Waals surface area (Å²) in [7, 11) is 0. The summed E-state index contributed by atoms with van der Waals surface area (Å²) >= 11 is 0. The second-order valence-corrected chi connectivity index (χ2v) is 6.38. The summed E-state index contributed by atoms with van der Waals surface area (Å²) in [6.07, 6.45) is 0.690. The molecule has 0 fully saturated rings. The molecule has 1 amide bonds. The van der Waals surface area contributed by atoms with Crippen molar-refractivity contribution < 1.29 is 9.53 Å². The number of aromatic nitrogens is 2. The summed E-state index contributed by atoms with van der Waals surface area (Å²) < 4.78 is 6.82. The largest absolute Gasteiger partial charge is 0.493 e. The molecule has 2 heterocycles. The Labute approximate surface area is 156 Å². The maximum absolute atomic E-state index is 12.5. The Bertz CT molecular complexity index is 1010. The summed E-state index contributed by atoms with van der Waals surface area (Å²) in [5, 5.41) is 7.33. The summed E-state index contributed by atoms with van der Waals surface area (Å²) in [6, 6.07) is 20.2. The number of carbonyl (C=O) groups excluding carboxylic acids is 1. The summed E-state index contributed by atoms with van der Waals surface area (Å²) in [5.41, 5.74) is 2.19. The molecule has 6 heteroatoms. The van der Waals surface area contributed by atoms with E-state index in [-0.39, 0.29) is 24.1 Å². The highest BCUT2D eigenvalue weighted by Crippen LogP contribution is 2.31. The molecule has 1 aromatic heterocycles. The minimum atomic E-state index is -0.308. The van der Waals surface area contributed by atoms with Gasteiger partial charge in [-0.1, -0.05) is 48.5 Å². The number of amides is 1.